The van der Waals surface area contributed by atoms with Gasteiger partial charge in [0.25, 0.3) is 5.56 Å². The fraction of sp³-hybridized carbons (Fsp3) is 0.429. The number of hydrogen-bond donors (Lipinski definition) is 2. The third kappa shape index (κ3) is 2.05. The fourth-order valence-electron chi connectivity index (χ4n) is 2.92. The molecule has 2 aromatic rings. The van der Waals surface area contributed by atoms with Gasteiger partial charge in [0.1, 0.15) is 0 Å². The molecule has 0 saturated heterocycles. The zero-order valence-electron chi connectivity index (χ0n) is 10.7. The molecule has 1 aromatic heterocycles. The van der Waals surface area contributed by atoms with Gasteiger partial charge in [-0.2, -0.15) is 0 Å². The summed E-state index contributed by atoms with van der Waals surface area (Å²) in [5.74, 6) is 0. The molecule has 5 heteroatoms. The van der Waals surface area contributed by atoms with Crippen LogP contribution in [0.15, 0.2) is 27.8 Å². The number of rotatable bonds is 1. The lowest BCUT2D eigenvalue weighted by atomic mass is 9.95. The molecule has 1 fully saturated rings. The summed E-state index contributed by atoms with van der Waals surface area (Å²) in [4.78, 5) is 27.4. The predicted octanol–water partition coefficient (Wildman–Crippen LogP) is 1.78. The quantitative estimate of drug-likeness (QED) is 0.766. The average molecular weight is 259 g/mol. The Hall–Kier alpha value is -2.04. The predicted molar refractivity (Wildman–Crippen MR) is 75.4 cm³/mol. The summed E-state index contributed by atoms with van der Waals surface area (Å²) < 4.78 is 1.38. The van der Waals surface area contributed by atoms with Crippen LogP contribution < -0.4 is 17.0 Å². The van der Waals surface area contributed by atoms with Gasteiger partial charge in [-0.25, -0.2) is 4.79 Å². The fourth-order valence-corrected chi connectivity index (χ4v) is 2.92. The van der Waals surface area contributed by atoms with Gasteiger partial charge < -0.3 is 10.7 Å². The minimum Gasteiger partial charge on any atom is -0.399 e. The van der Waals surface area contributed by atoms with Gasteiger partial charge in [-0.15, -0.1) is 0 Å². The van der Waals surface area contributed by atoms with Crippen LogP contribution in [0.5, 0.6) is 0 Å². The van der Waals surface area contributed by atoms with Crippen LogP contribution in [-0.2, 0) is 0 Å². The first-order valence-electron chi connectivity index (χ1n) is 6.71. The molecule has 1 heterocycles. The van der Waals surface area contributed by atoms with Crippen molar-refractivity contribution in [1.29, 1.82) is 0 Å². The van der Waals surface area contributed by atoms with Gasteiger partial charge in [0, 0.05) is 11.7 Å². The van der Waals surface area contributed by atoms with E-state index in [4.69, 9.17) is 5.73 Å². The zero-order chi connectivity index (χ0) is 13.4. The monoisotopic (exact) mass is 259 g/mol. The number of aromatic amines is 1. The largest absolute Gasteiger partial charge is 0.399 e. The molecule has 0 atom stereocenters. The third-order valence-corrected chi connectivity index (χ3v) is 3.89. The van der Waals surface area contributed by atoms with Crippen LogP contribution in [0.2, 0.25) is 0 Å². The highest BCUT2D eigenvalue weighted by atomic mass is 16.2. The van der Waals surface area contributed by atoms with Crippen molar-refractivity contribution in [2.75, 3.05) is 5.73 Å². The van der Waals surface area contributed by atoms with E-state index in [0.29, 0.717) is 16.6 Å². The molecule has 3 rings (SSSR count). The molecule has 5 nitrogen and oxygen atoms in total. The SMILES string of the molecule is Nc1ccc2[nH]c(=O)n(C3CCCCC3)c(=O)c2c1. The Morgan fingerprint density at radius 2 is 1.89 bits per heavy atom. The van der Waals surface area contributed by atoms with Crippen molar-refractivity contribution in [2.24, 2.45) is 0 Å². The molecular weight excluding hydrogens is 242 g/mol. The standard InChI is InChI=1S/C14H17N3O2/c15-9-6-7-12-11(8-9)13(18)17(14(19)16-12)10-4-2-1-3-5-10/h6-8,10H,1-5,15H2,(H,16,19). The molecule has 0 radical (unpaired) electrons. The minimum absolute atomic E-state index is 0.0239. The first-order valence-corrected chi connectivity index (χ1v) is 6.71. The number of aromatic nitrogens is 2. The van der Waals surface area contributed by atoms with E-state index in [0.717, 1.165) is 25.7 Å². The highest BCUT2D eigenvalue weighted by Gasteiger charge is 2.19. The van der Waals surface area contributed by atoms with Gasteiger partial charge in [0.15, 0.2) is 0 Å². The van der Waals surface area contributed by atoms with Crippen molar-refractivity contribution in [2.45, 2.75) is 38.1 Å². The van der Waals surface area contributed by atoms with Crippen LogP contribution >= 0.6 is 0 Å². The number of benzene rings is 1. The van der Waals surface area contributed by atoms with Gasteiger partial charge in [0.05, 0.1) is 10.9 Å². The van der Waals surface area contributed by atoms with Crippen LogP contribution in [-0.4, -0.2) is 9.55 Å². The van der Waals surface area contributed by atoms with E-state index in [1.807, 2.05) is 0 Å². The van der Waals surface area contributed by atoms with Gasteiger partial charge >= 0.3 is 5.69 Å². The van der Waals surface area contributed by atoms with E-state index in [1.54, 1.807) is 18.2 Å². The number of nitrogens with zero attached hydrogens (tertiary/aromatic N) is 1. The van der Waals surface area contributed by atoms with Crippen molar-refractivity contribution in [1.82, 2.24) is 9.55 Å². The molecule has 1 aromatic carbocycles. The first-order chi connectivity index (χ1) is 9.16. The molecule has 1 aliphatic carbocycles. The van der Waals surface area contributed by atoms with Crippen LogP contribution in [0, 0.1) is 0 Å². The second kappa shape index (κ2) is 4.57. The number of nitrogens with one attached hydrogen (secondary N) is 1. The van der Waals surface area contributed by atoms with E-state index in [9.17, 15) is 9.59 Å². The highest BCUT2D eigenvalue weighted by Crippen LogP contribution is 2.26. The Kier molecular flexibility index (Phi) is 2.89. The molecule has 1 saturated carbocycles. The van der Waals surface area contributed by atoms with Gasteiger partial charge in [-0.3, -0.25) is 9.36 Å². The van der Waals surface area contributed by atoms with Crippen LogP contribution in [0.4, 0.5) is 5.69 Å². The maximum absolute atomic E-state index is 12.5. The summed E-state index contributed by atoms with van der Waals surface area (Å²) in [5.41, 5.74) is 6.27. The Morgan fingerprint density at radius 1 is 1.16 bits per heavy atom. The summed E-state index contributed by atoms with van der Waals surface area (Å²) in [6.07, 6.45) is 5.13. The highest BCUT2D eigenvalue weighted by molar-refractivity contribution is 5.80. The number of nitrogens with two attached hydrogens (primary N) is 1. The maximum atomic E-state index is 12.5. The molecule has 0 amide bonds. The van der Waals surface area contributed by atoms with E-state index in [-0.39, 0.29) is 17.3 Å². The Labute approximate surface area is 110 Å². The topological polar surface area (TPSA) is 80.9 Å². The number of H-pyrrole nitrogens is 1. The number of fused-ring (bicyclic) bond motifs is 1. The van der Waals surface area contributed by atoms with E-state index >= 15 is 0 Å². The molecule has 0 bridgehead atoms. The molecule has 0 spiro atoms. The number of hydrogen-bond acceptors (Lipinski definition) is 3. The molecule has 0 unspecified atom stereocenters. The summed E-state index contributed by atoms with van der Waals surface area (Å²) in [6.45, 7) is 0. The van der Waals surface area contributed by atoms with Crippen molar-refractivity contribution in [3.8, 4) is 0 Å². The van der Waals surface area contributed by atoms with Crippen LogP contribution in [0.3, 0.4) is 0 Å². The summed E-state index contributed by atoms with van der Waals surface area (Å²) in [5, 5.41) is 0.491. The Balaban J connectivity index is 2.24. The average Bonchev–Trinajstić information content (AvgIpc) is 2.41. The smallest absolute Gasteiger partial charge is 0.329 e. The number of nitrogen functional groups attached to an aromatic ring is 1. The minimum atomic E-state index is -0.311. The lowest BCUT2D eigenvalue weighted by molar-refractivity contribution is 0.338. The normalized spacial score (nSPS) is 16.8. The number of anilines is 1. The third-order valence-electron chi connectivity index (χ3n) is 3.89. The second-order valence-corrected chi connectivity index (χ2v) is 5.20. The van der Waals surface area contributed by atoms with Crippen LogP contribution in [0.1, 0.15) is 38.1 Å². The van der Waals surface area contributed by atoms with Crippen molar-refractivity contribution in [3.63, 3.8) is 0 Å². The lowest BCUT2D eigenvalue weighted by Gasteiger charge is -2.23. The van der Waals surface area contributed by atoms with Crippen molar-refractivity contribution >= 4 is 16.6 Å². The Bertz CT molecular complexity index is 724. The molecule has 100 valence electrons. The molecule has 19 heavy (non-hydrogen) atoms. The second-order valence-electron chi connectivity index (χ2n) is 5.20. The summed E-state index contributed by atoms with van der Waals surface area (Å²) in [6, 6.07) is 5.02. The molecule has 3 N–H and O–H groups in total. The van der Waals surface area contributed by atoms with E-state index in [2.05, 4.69) is 4.98 Å². The summed E-state index contributed by atoms with van der Waals surface area (Å²) >= 11 is 0. The maximum Gasteiger partial charge on any atom is 0.329 e. The molecule has 0 aliphatic heterocycles. The van der Waals surface area contributed by atoms with Crippen molar-refractivity contribution < 1.29 is 0 Å². The van der Waals surface area contributed by atoms with Gasteiger partial charge in [0.2, 0.25) is 0 Å². The van der Waals surface area contributed by atoms with E-state index < -0.39 is 0 Å². The van der Waals surface area contributed by atoms with E-state index in [1.165, 1.54) is 11.0 Å². The van der Waals surface area contributed by atoms with Crippen LogP contribution in [0.25, 0.3) is 10.9 Å². The zero-order valence-corrected chi connectivity index (χ0v) is 10.7. The molecule has 1 aliphatic rings. The van der Waals surface area contributed by atoms with Gasteiger partial charge in [-0.1, -0.05) is 19.3 Å². The van der Waals surface area contributed by atoms with Gasteiger partial charge in [-0.05, 0) is 31.0 Å². The van der Waals surface area contributed by atoms with Crippen molar-refractivity contribution in [3.05, 3.63) is 39.0 Å². The molecular formula is C14H17N3O2. The first kappa shape index (κ1) is 12.0. The Morgan fingerprint density at radius 3 is 2.63 bits per heavy atom. The lowest BCUT2D eigenvalue weighted by Crippen LogP contribution is -2.38. The summed E-state index contributed by atoms with van der Waals surface area (Å²) in [7, 11) is 0.